The Balaban J connectivity index is 0.00000192. The van der Waals surface area contributed by atoms with E-state index in [4.69, 9.17) is 10.5 Å². The molecule has 0 aromatic heterocycles. The molecule has 158 valence electrons. The topological polar surface area (TPSA) is 75.9 Å². The van der Waals surface area contributed by atoms with Crippen LogP contribution in [0.1, 0.15) is 51.4 Å². The van der Waals surface area contributed by atoms with Crippen molar-refractivity contribution in [1.29, 1.82) is 0 Å². The maximum atomic E-state index is 13.5. The molecule has 2 N–H and O–H groups in total. The molecule has 4 bridgehead atoms. The minimum Gasteiger partial charge on any atom is -0.381 e. The van der Waals surface area contributed by atoms with Crippen LogP contribution < -0.4 is 5.73 Å². The third kappa shape index (κ3) is 3.35. The maximum absolute atomic E-state index is 13.5. The molecule has 6 rings (SSSR count). The van der Waals surface area contributed by atoms with Crippen LogP contribution in [0.4, 0.5) is 0 Å². The highest BCUT2D eigenvalue weighted by Gasteiger charge is 2.55. The van der Waals surface area contributed by atoms with Gasteiger partial charge in [0.2, 0.25) is 11.8 Å². The Morgan fingerprint density at radius 1 is 0.786 bits per heavy atom. The van der Waals surface area contributed by atoms with E-state index in [-0.39, 0.29) is 23.7 Å². The summed E-state index contributed by atoms with van der Waals surface area (Å²) in [4.78, 5) is 30.3. The summed E-state index contributed by atoms with van der Waals surface area (Å²) >= 11 is 0. The van der Waals surface area contributed by atoms with E-state index in [0.717, 1.165) is 37.0 Å². The number of amides is 2. The number of rotatable bonds is 2. The number of hydrogen-bond acceptors (Lipinski definition) is 4. The third-order valence-corrected chi connectivity index (χ3v) is 8.16. The zero-order chi connectivity index (χ0) is 18.6. The summed E-state index contributed by atoms with van der Waals surface area (Å²) in [6.45, 7) is 3.70. The Hall–Kier alpha value is -0.850. The lowest BCUT2D eigenvalue weighted by Gasteiger charge is -2.57. The number of carbonyl (C=O) groups is 2. The lowest BCUT2D eigenvalue weighted by atomic mass is 9.49. The van der Waals surface area contributed by atoms with Gasteiger partial charge in [0, 0.05) is 39.4 Å². The van der Waals surface area contributed by atoms with Crippen LogP contribution in [-0.4, -0.2) is 66.5 Å². The summed E-state index contributed by atoms with van der Waals surface area (Å²) in [5.74, 6) is 2.80. The highest BCUT2D eigenvalue weighted by Crippen LogP contribution is 2.60. The molecule has 0 aromatic rings. The van der Waals surface area contributed by atoms with Gasteiger partial charge in [0.05, 0.1) is 11.0 Å². The summed E-state index contributed by atoms with van der Waals surface area (Å²) in [7, 11) is 0. The smallest absolute Gasteiger partial charge is 0.242 e. The van der Waals surface area contributed by atoms with Crippen LogP contribution in [0.5, 0.6) is 0 Å². The number of nitrogens with zero attached hydrogens (tertiary/aromatic N) is 2. The van der Waals surface area contributed by atoms with Gasteiger partial charge in [0.15, 0.2) is 0 Å². The van der Waals surface area contributed by atoms with Crippen LogP contribution in [0.2, 0.25) is 0 Å². The quantitative estimate of drug-likeness (QED) is 0.751. The predicted octanol–water partition coefficient (Wildman–Crippen LogP) is 1.80. The fourth-order valence-electron chi connectivity index (χ4n) is 7.09. The number of carbonyl (C=O) groups excluding carboxylic acids is 2. The third-order valence-electron chi connectivity index (χ3n) is 8.16. The Kier molecular flexibility index (Phi) is 5.43. The van der Waals surface area contributed by atoms with Crippen molar-refractivity contribution in [2.24, 2.45) is 28.9 Å². The lowest BCUT2D eigenvalue weighted by Crippen LogP contribution is -2.63. The second-order valence-corrected chi connectivity index (χ2v) is 10.1. The van der Waals surface area contributed by atoms with Crippen LogP contribution in [-0.2, 0) is 14.3 Å². The molecular weight excluding hydrogens is 378 g/mol. The van der Waals surface area contributed by atoms with Gasteiger partial charge in [0.25, 0.3) is 0 Å². The second-order valence-electron chi connectivity index (χ2n) is 10.1. The van der Waals surface area contributed by atoms with Gasteiger partial charge < -0.3 is 20.3 Å². The summed E-state index contributed by atoms with van der Waals surface area (Å²) in [5.41, 5.74) is 5.53. The zero-order valence-corrected chi connectivity index (χ0v) is 17.6. The number of piperazine rings is 1. The summed E-state index contributed by atoms with van der Waals surface area (Å²) in [5, 5.41) is 0. The van der Waals surface area contributed by atoms with Gasteiger partial charge in [-0.05, 0) is 69.1 Å². The van der Waals surface area contributed by atoms with Crippen molar-refractivity contribution in [3.8, 4) is 0 Å². The first-order valence-electron chi connectivity index (χ1n) is 10.9. The molecule has 2 saturated heterocycles. The zero-order valence-electron chi connectivity index (χ0n) is 16.7. The van der Waals surface area contributed by atoms with Crippen molar-refractivity contribution in [3.63, 3.8) is 0 Å². The molecule has 0 atom stereocenters. The summed E-state index contributed by atoms with van der Waals surface area (Å²) in [6.07, 6.45) is 8.61. The van der Waals surface area contributed by atoms with Gasteiger partial charge in [-0.25, -0.2) is 0 Å². The van der Waals surface area contributed by atoms with Crippen LogP contribution in [0.25, 0.3) is 0 Å². The lowest BCUT2D eigenvalue weighted by molar-refractivity contribution is -0.161. The van der Waals surface area contributed by atoms with Crippen molar-refractivity contribution >= 4 is 24.2 Å². The van der Waals surface area contributed by atoms with Crippen LogP contribution in [0.15, 0.2) is 0 Å². The minimum absolute atomic E-state index is 0. The first-order valence-corrected chi connectivity index (χ1v) is 10.9. The van der Waals surface area contributed by atoms with Crippen LogP contribution >= 0.6 is 12.4 Å². The van der Waals surface area contributed by atoms with Crippen LogP contribution in [0.3, 0.4) is 0 Å². The minimum atomic E-state index is -0.773. The molecule has 4 aliphatic carbocycles. The molecule has 6 fully saturated rings. The molecule has 0 radical (unpaired) electrons. The largest absolute Gasteiger partial charge is 0.381 e. The SMILES string of the molecule is Cl.NC1(C(=O)N2CCN(C(=O)C34CC5CC(CC(C5)C3)C4)CC2)CCOCC1. The van der Waals surface area contributed by atoms with Gasteiger partial charge >= 0.3 is 0 Å². The molecule has 0 spiro atoms. The fraction of sp³-hybridized carbons (Fsp3) is 0.905. The molecule has 2 amide bonds. The molecule has 4 saturated carbocycles. The standard InChI is InChI=1S/C21H33N3O3.ClH/c22-21(1-7-27-8-2-21)19(26)24-5-3-23(4-6-24)18(25)20-12-15-9-16(13-20)11-17(10-15)14-20;/h15-17H,1-14,22H2;1H. The fourth-order valence-corrected chi connectivity index (χ4v) is 7.09. The van der Waals surface area contributed by atoms with Gasteiger partial charge in [-0.15, -0.1) is 12.4 Å². The van der Waals surface area contributed by atoms with E-state index in [0.29, 0.717) is 58.1 Å². The van der Waals surface area contributed by atoms with E-state index in [1.165, 1.54) is 19.3 Å². The normalized spacial score (nSPS) is 38.8. The van der Waals surface area contributed by atoms with E-state index in [2.05, 4.69) is 4.90 Å². The number of hydrogen-bond donors (Lipinski definition) is 1. The average Bonchev–Trinajstić information content (AvgIpc) is 2.66. The van der Waals surface area contributed by atoms with E-state index < -0.39 is 5.54 Å². The maximum Gasteiger partial charge on any atom is 0.242 e. The number of nitrogens with two attached hydrogens (primary N) is 1. The Morgan fingerprint density at radius 2 is 1.21 bits per heavy atom. The molecule has 28 heavy (non-hydrogen) atoms. The number of ether oxygens (including phenoxy) is 1. The van der Waals surface area contributed by atoms with Crippen molar-refractivity contribution in [2.75, 3.05) is 39.4 Å². The highest BCUT2D eigenvalue weighted by atomic mass is 35.5. The number of halogens is 1. The van der Waals surface area contributed by atoms with Crippen molar-refractivity contribution in [1.82, 2.24) is 9.80 Å². The summed E-state index contributed by atoms with van der Waals surface area (Å²) < 4.78 is 5.36. The summed E-state index contributed by atoms with van der Waals surface area (Å²) in [6, 6.07) is 0. The van der Waals surface area contributed by atoms with Gasteiger partial charge in [-0.1, -0.05) is 0 Å². The average molecular weight is 412 g/mol. The van der Waals surface area contributed by atoms with E-state index in [1.807, 2.05) is 4.90 Å². The van der Waals surface area contributed by atoms with E-state index >= 15 is 0 Å². The van der Waals surface area contributed by atoms with Crippen molar-refractivity contribution in [2.45, 2.75) is 56.9 Å². The Bertz CT molecular complexity index is 591. The molecule has 2 aliphatic heterocycles. The molecule has 6 nitrogen and oxygen atoms in total. The van der Waals surface area contributed by atoms with Crippen LogP contribution in [0, 0.1) is 23.2 Å². The molecule has 6 aliphatic rings. The predicted molar refractivity (Wildman–Crippen MR) is 108 cm³/mol. The monoisotopic (exact) mass is 411 g/mol. The molecule has 0 unspecified atom stereocenters. The molecular formula is C21H34ClN3O3. The van der Waals surface area contributed by atoms with Crippen molar-refractivity contribution in [3.05, 3.63) is 0 Å². The van der Waals surface area contributed by atoms with Gasteiger partial charge in [-0.2, -0.15) is 0 Å². The second kappa shape index (κ2) is 7.44. The van der Waals surface area contributed by atoms with E-state index in [1.54, 1.807) is 0 Å². The Labute approximate surface area is 173 Å². The molecule has 0 aromatic carbocycles. The van der Waals surface area contributed by atoms with Gasteiger partial charge in [0.1, 0.15) is 0 Å². The highest BCUT2D eigenvalue weighted by molar-refractivity contribution is 5.87. The van der Waals surface area contributed by atoms with Crippen molar-refractivity contribution < 1.29 is 14.3 Å². The molecule has 2 heterocycles. The first-order chi connectivity index (χ1) is 13.0. The van der Waals surface area contributed by atoms with E-state index in [9.17, 15) is 9.59 Å². The Morgan fingerprint density at radius 3 is 1.68 bits per heavy atom. The molecule has 7 heteroatoms. The first kappa shape index (κ1) is 20.4. The van der Waals surface area contributed by atoms with Gasteiger partial charge in [-0.3, -0.25) is 9.59 Å².